The minimum atomic E-state index is -1.31. The zero-order chi connectivity index (χ0) is 13.4. The van der Waals surface area contributed by atoms with Crippen LogP contribution in [-0.4, -0.2) is 10.0 Å². The predicted octanol–water partition coefficient (Wildman–Crippen LogP) is 4.11. The van der Waals surface area contributed by atoms with Gasteiger partial charge in [-0.2, -0.15) is 4.40 Å². The first-order chi connectivity index (χ1) is 9.13. The summed E-state index contributed by atoms with van der Waals surface area (Å²) in [4.78, 5) is 0.749. The first-order valence-corrected chi connectivity index (χ1v) is 8.16. The number of benzene rings is 2. The molecule has 1 aliphatic rings. The zero-order valence-electron chi connectivity index (χ0n) is 9.56. The average molecular weight is 400 g/mol. The number of hydrogen-bond acceptors (Lipinski definition) is 2. The molecular formula is C13H8Br2N2OS. The molecule has 19 heavy (non-hydrogen) atoms. The molecule has 0 fully saturated rings. The molecule has 0 saturated heterocycles. The van der Waals surface area contributed by atoms with Gasteiger partial charge in [0.1, 0.15) is 5.84 Å². The highest BCUT2D eigenvalue weighted by Gasteiger charge is 2.21. The smallest absolute Gasteiger partial charge is 0.175 e. The Morgan fingerprint density at radius 2 is 1.74 bits per heavy atom. The molecular weight excluding hydrogens is 392 g/mol. The van der Waals surface area contributed by atoms with Crippen LogP contribution in [0.2, 0.25) is 0 Å². The van der Waals surface area contributed by atoms with Crippen molar-refractivity contribution in [3.8, 4) is 0 Å². The third-order valence-corrected chi connectivity index (χ3v) is 4.63. The monoisotopic (exact) mass is 398 g/mol. The van der Waals surface area contributed by atoms with E-state index in [1.165, 1.54) is 0 Å². The molecule has 3 nitrogen and oxygen atoms in total. The lowest BCUT2D eigenvalue weighted by molar-refractivity contribution is 0.685. The summed E-state index contributed by atoms with van der Waals surface area (Å²) in [6, 6.07) is 13.4. The van der Waals surface area contributed by atoms with Crippen molar-refractivity contribution in [3.05, 3.63) is 57.0 Å². The minimum Gasteiger partial charge on any atom is -0.339 e. The van der Waals surface area contributed by atoms with Crippen LogP contribution in [0.5, 0.6) is 0 Å². The minimum absolute atomic E-state index is 0.638. The predicted molar refractivity (Wildman–Crippen MR) is 84.9 cm³/mol. The van der Waals surface area contributed by atoms with Crippen LogP contribution in [0.4, 0.5) is 5.69 Å². The van der Waals surface area contributed by atoms with Crippen molar-refractivity contribution < 1.29 is 4.21 Å². The fourth-order valence-electron chi connectivity index (χ4n) is 1.85. The van der Waals surface area contributed by atoms with Crippen molar-refractivity contribution in [2.75, 3.05) is 5.32 Å². The zero-order valence-corrected chi connectivity index (χ0v) is 13.5. The molecule has 0 aliphatic carbocycles. The van der Waals surface area contributed by atoms with E-state index in [1.807, 2.05) is 42.5 Å². The van der Waals surface area contributed by atoms with Crippen LogP contribution in [0.3, 0.4) is 0 Å². The number of fused-ring (bicyclic) bond motifs is 1. The second kappa shape index (κ2) is 5.19. The maximum atomic E-state index is 11.9. The van der Waals surface area contributed by atoms with Crippen molar-refractivity contribution in [1.29, 1.82) is 0 Å². The molecule has 0 aromatic heterocycles. The van der Waals surface area contributed by atoms with Crippen LogP contribution in [-0.2, 0) is 11.0 Å². The second-order valence-electron chi connectivity index (χ2n) is 3.97. The van der Waals surface area contributed by atoms with Crippen molar-refractivity contribution in [1.82, 2.24) is 0 Å². The third-order valence-electron chi connectivity index (χ3n) is 2.63. The third kappa shape index (κ3) is 2.66. The Balaban J connectivity index is 1.97. The summed E-state index contributed by atoms with van der Waals surface area (Å²) in [5.41, 5.74) is 1.77. The van der Waals surface area contributed by atoms with Gasteiger partial charge in [-0.05, 0) is 30.3 Å². The molecule has 0 spiro atoms. The lowest BCUT2D eigenvalue weighted by atomic mass is 10.2. The summed E-state index contributed by atoms with van der Waals surface area (Å²) in [5, 5.41) is 3.21. The normalized spacial score (nSPS) is 16.9. The van der Waals surface area contributed by atoms with E-state index in [0.717, 1.165) is 25.1 Å². The molecule has 3 rings (SSSR count). The number of hydrogen-bond donors (Lipinski definition) is 1. The van der Waals surface area contributed by atoms with Gasteiger partial charge in [0, 0.05) is 20.2 Å². The number of nitrogens with one attached hydrogen (secondary N) is 1. The Labute approximate surface area is 130 Å². The summed E-state index contributed by atoms with van der Waals surface area (Å²) in [6.45, 7) is 0. The number of halogens is 2. The Kier molecular flexibility index (Phi) is 3.56. The van der Waals surface area contributed by atoms with Gasteiger partial charge in [-0.1, -0.05) is 44.0 Å². The molecule has 0 bridgehead atoms. The van der Waals surface area contributed by atoms with E-state index in [2.05, 4.69) is 41.6 Å². The maximum absolute atomic E-state index is 11.9. The van der Waals surface area contributed by atoms with E-state index in [9.17, 15) is 4.21 Å². The summed E-state index contributed by atoms with van der Waals surface area (Å²) in [7, 11) is -1.31. The Bertz CT molecular complexity index is 695. The molecule has 1 atom stereocenters. The van der Waals surface area contributed by atoms with Gasteiger partial charge in [0.05, 0.1) is 4.90 Å². The topological polar surface area (TPSA) is 41.5 Å². The highest BCUT2D eigenvalue weighted by atomic mass is 79.9. The Morgan fingerprint density at radius 1 is 1.05 bits per heavy atom. The molecule has 2 aromatic carbocycles. The van der Waals surface area contributed by atoms with E-state index in [0.29, 0.717) is 5.84 Å². The van der Waals surface area contributed by atoms with Gasteiger partial charge in [0.15, 0.2) is 11.0 Å². The lowest BCUT2D eigenvalue weighted by Crippen LogP contribution is -2.11. The summed E-state index contributed by atoms with van der Waals surface area (Å²) >= 11 is 6.87. The number of amidine groups is 1. The van der Waals surface area contributed by atoms with Crippen LogP contribution >= 0.6 is 31.9 Å². The fraction of sp³-hybridized carbons (Fsp3) is 0. The molecule has 1 N–H and O–H groups in total. The molecule has 1 unspecified atom stereocenters. The van der Waals surface area contributed by atoms with Gasteiger partial charge in [-0.15, -0.1) is 0 Å². The van der Waals surface area contributed by atoms with Gasteiger partial charge in [0.2, 0.25) is 0 Å². The second-order valence-corrected chi connectivity index (χ2v) is 6.92. The van der Waals surface area contributed by atoms with Gasteiger partial charge in [0.25, 0.3) is 0 Å². The number of rotatable bonds is 1. The first kappa shape index (κ1) is 13.0. The molecule has 2 aromatic rings. The molecule has 0 amide bonds. The van der Waals surface area contributed by atoms with E-state index in [4.69, 9.17) is 0 Å². The van der Waals surface area contributed by atoms with Gasteiger partial charge >= 0.3 is 0 Å². The highest BCUT2D eigenvalue weighted by molar-refractivity contribution is 9.11. The van der Waals surface area contributed by atoms with E-state index < -0.39 is 11.0 Å². The van der Waals surface area contributed by atoms with Gasteiger partial charge in [-0.3, -0.25) is 0 Å². The van der Waals surface area contributed by atoms with Crippen LogP contribution < -0.4 is 5.32 Å². The molecule has 1 aliphatic heterocycles. The van der Waals surface area contributed by atoms with E-state index >= 15 is 0 Å². The van der Waals surface area contributed by atoms with E-state index in [1.54, 1.807) is 0 Å². The van der Waals surface area contributed by atoms with Crippen molar-refractivity contribution in [3.63, 3.8) is 0 Å². The summed E-state index contributed by atoms with van der Waals surface area (Å²) in [6.07, 6.45) is 0. The van der Waals surface area contributed by atoms with Gasteiger partial charge in [-0.25, -0.2) is 4.21 Å². The van der Waals surface area contributed by atoms with Crippen LogP contribution in [0.1, 0.15) is 5.56 Å². The largest absolute Gasteiger partial charge is 0.339 e. The summed E-state index contributed by atoms with van der Waals surface area (Å²) in [5.74, 6) is 0.638. The van der Waals surface area contributed by atoms with Crippen molar-refractivity contribution in [2.45, 2.75) is 4.90 Å². The molecule has 0 radical (unpaired) electrons. The highest BCUT2D eigenvalue weighted by Crippen LogP contribution is 2.27. The Morgan fingerprint density at radius 3 is 2.47 bits per heavy atom. The van der Waals surface area contributed by atoms with Crippen LogP contribution in [0.15, 0.2) is 60.7 Å². The van der Waals surface area contributed by atoms with Crippen LogP contribution in [0, 0.1) is 0 Å². The maximum Gasteiger partial charge on any atom is 0.175 e. The van der Waals surface area contributed by atoms with Crippen molar-refractivity contribution in [2.24, 2.45) is 4.40 Å². The number of nitrogens with zero attached hydrogens (tertiary/aromatic N) is 1. The number of anilines is 1. The fourth-order valence-corrected chi connectivity index (χ4v) is 4.10. The Hall–Kier alpha value is -0.980. The van der Waals surface area contributed by atoms with E-state index in [-0.39, 0.29) is 0 Å². The average Bonchev–Trinajstić information content (AvgIpc) is 2.66. The molecule has 0 saturated carbocycles. The van der Waals surface area contributed by atoms with Crippen molar-refractivity contribution >= 4 is 54.4 Å². The van der Waals surface area contributed by atoms with Gasteiger partial charge < -0.3 is 5.32 Å². The quantitative estimate of drug-likeness (QED) is 0.783. The SMILES string of the molecule is O=S1N=C(Nc2cc(Br)cc(Br)c2)c2ccccc21. The lowest BCUT2D eigenvalue weighted by Gasteiger charge is -2.07. The molecule has 6 heteroatoms. The first-order valence-electron chi connectivity index (χ1n) is 5.46. The standard InChI is InChI=1S/C13H8Br2N2OS/c14-8-5-9(15)7-10(6-8)16-13-11-3-1-2-4-12(11)19(18)17-13/h1-7H,(H,16,17). The molecule has 96 valence electrons. The van der Waals surface area contributed by atoms with Crippen LogP contribution in [0.25, 0.3) is 0 Å². The summed E-state index contributed by atoms with van der Waals surface area (Å²) < 4.78 is 17.9. The molecule has 1 heterocycles.